The van der Waals surface area contributed by atoms with Crippen LogP contribution < -0.4 is 16.6 Å². The third-order valence-electron chi connectivity index (χ3n) is 4.18. The van der Waals surface area contributed by atoms with E-state index in [1.165, 1.54) is 43.5 Å². The predicted octanol–water partition coefficient (Wildman–Crippen LogP) is 1.10. The van der Waals surface area contributed by atoms with Gasteiger partial charge in [-0.25, -0.2) is 13.6 Å². The molecule has 0 saturated carbocycles. The Morgan fingerprint density at radius 1 is 1.13 bits per heavy atom. The van der Waals surface area contributed by atoms with Gasteiger partial charge in [0.2, 0.25) is 5.69 Å². The van der Waals surface area contributed by atoms with Crippen LogP contribution in [0.25, 0.3) is 5.69 Å². The molecule has 30 heavy (non-hydrogen) atoms. The second kappa shape index (κ2) is 9.23. The van der Waals surface area contributed by atoms with E-state index in [1.54, 1.807) is 0 Å². The van der Waals surface area contributed by atoms with Gasteiger partial charge in [0.15, 0.2) is 0 Å². The molecule has 0 saturated heterocycles. The number of rotatable bonds is 7. The van der Waals surface area contributed by atoms with Crippen molar-refractivity contribution >= 4 is 5.91 Å². The van der Waals surface area contributed by atoms with E-state index in [4.69, 9.17) is 4.74 Å². The molecule has 10 heteroatoms. The summed E-state index contributed by atoms with van der Waals surface area (Å²) in [5.74, 6) is -2.18. The van der Waals surface area contributed by atoms with Crippen molar-refractivity contribution in [2.75, 3.05) is 20.3 Å². The lowest BCUT2D eigenvalue weighted by molar-refractivity contribution is 0.0927. The third kappa shape index (κ3) is 4.49. The maximum Gasteiger partial charge on any atom is 0.352 e. The zero-order valence-electron chi connectivity index (χ0n) is 16.0. The standard InChI is InChI=1S/C20H18F2N4O4/c1-30-10-9-23-18(27)17-19(28)25(12-13-5-4-6-14(21)11-13)20(29)26(24-17)16-8-3-2-7-15(16)22/h2-8,11H,9-10,12H2,1H3,(H,23,27). The predicted molar refractivity (Wildman–Crippen MR) is 104 cm³/mol. The van der Waals surface area contributed by atoms with Crippen LogP contribution in [0.4, 0.5) is 8.78 Å². The van der Waals surface area contributed by atoms with Gasteiger partial charge in [0.05, 0.1) is 13.2 Å². The van der Waals surface area contributed by atoms with Crippen LogP contribution in [0.1, 0.15) is 16.1 Å². The van der Waals surface area contributed by atoms with E-state index in [-0.39, 0.29) is 25.4 Å². The fourth-order valence-electron chi connectivity index (χ4n) is 2.75. The number of benzene rings is 2. The second-order valence-corrected chi connectivity index (χ2v) is 6.26. The summed E-state index contributed by atoms with van der Waals surface area (Å²) >= 11 is 0. The first-order chi connectivity index (χ1) is 14.4. The number of halogens is 2. The highest BCUT2D eigenvalue weighted by Crippen LogP contribution is 2.09. The van der Waals surface area contributed by atoms with Crippen LogP contribution in [0.3, 0.4) is 0 Å². The molecule has 8 nitrogen and oxygen atoms in total. The van der Waals surface area contributed by atoms with Crippen molar-refractivity contribution in [1.82, 2.24) is 19.7 Å². The van der Waals surface area contributed by atoms with Gasteiger partial charge in [-0.05, 0) is 29.8 Å². The summed E-state index contributed by atoms with van der Waals surface area (Å²) in [7, 11) is 1.44. The first-order valence-corrected chi connectivity index (χ1v) is 8.93. The van der Waals surface area contributed by atoms with Crippen LogP contribution in [0.2, 0.25) is 0 Å². The molecule has 2 aromatic carbocycles. The minimum absolute atomic E-state index is 0.0964. The number of hydrogen-bond donors (Lipinski definition) is 1. The van der Waals surface area contributed by atoms with Crippen molar-refractivity contribution < 1.29 is 18.3 Å². The van der Waals surface area contributed by atoms with Gasteiger partial charge < -0.3 is 10.1 Å². The summed E-state index contributed by atoms with van der Waals surface area (Å²) in [6, 6.07) is 10.6. The number of hydrogen-bond acceptors (Lipinski definition) is 5. The molecule has 0 bridgehead atoms. The molecule has 3 rings (SSSR count). The molecule has 1 heterocycles. The van der Waals surface area contributed by atoms with Crippen LogP contribution in [0, 0.1) is 11.6 Å². The molecule has 1 N–H and O–H groups in total. The van der Waals surface area contributed by atoms with Crippen molar-refractivity contribution in [3.8, 4) is 5.69 Å². The normalized spacial score (nSPS) is 10.8. The minimum atomic E-state index is -0.980. The van der Waals surface area contributed by atoms with Gasteiger partial charge in [-0.1, -0.05) is 24.3 Å². The van der Waals surface area contributed by atoms with E-state index in [0.717, 1.165) is 12.1 Å². The van der Waals surface area contributed by atoms with Gasteiger partial charge in [0.25, 0.3) is 11.5 Å². The Morgan fingerprint density at radius 3 is 2.60 bits per heavy atom. The molecule has 0 fully saturated rings. The fourth-order valence-corrected chi connectivity index (χ4v) is 2.75. The Kier molecular flexibility index (Phi) is 6.48. The van der Waals surface area contributed by atoms with Gasteiger partial charge in [-0.3, -0.25) is 14.2 Å². The Labute approximate surface area is 169 Å². The van der Waals surface area contributed by atoms with E-state index >= 15 is 0 Å². The zero-order valence-corrected chi connectivity index (χ0v) is 16.0. The third-order valence-corrected chi connectivity index (χ3v) is 4.18. The van der Waals surface area contributed by atoms with Crippen molar-refractivity contribution in [2.24, 2.45) is 0 Å². The summed E-state index contributed by atoms with van der Waals surface area (Å²) < 4.78 is 34.0. The Hall–Kier alpha value is -3.66. The van der Waals surface area contributed by atoms with Gasteiger partial charge in [-0.2, -0.15) is 9.78 Å². The average Bonchev–Trinajstić information content (AvgIpc) is 2.72. The highest BCUT2D eigenvalue weighted by Gasteiger charge is 2.21. The second-order valence-electron chi connectivity index (χ2n) is 6.26. The molecule has 0 aliphatic heterocycles. The monoisotopic (exact) mass is 416 g/mol. The molecule has 0 aliphatic rings. The number of nitrogens with one attached hydrogen (secondary N) is 1. The molecule has 1 aromatic heterocycles. The van der Waals surface area contributed by atoms with Gasteiger partial charge >= 0.3 is 5.69 Å². The van der Waals surface area contributed by atoms with Gasteiger partial charge in [0.1, 0.15) is 17.3 Å². The Balaban J connectivity index is 2.17. The molecule has 0 unspecified atom stereocenters. The van der Waals surface area contributed by atoms with Gasteiger partial charge in [-0.15, -0.1) is 0 Å². The number of para-hydroxylation sites is 1. The van der Waals surface area contributed by atoms with E-state index in [0.29, 0.717) is 14.8 Å². The van der Waals surface area contributed by atoms with Gasteiger partial charge in [0, 0.05) is 13.7 Å². The van der Waals surface area contributed by atoms with Crippen LogP contribution in [-0.2, 0) is 11.3 Å². The lowest BCUT2D eigenvalue weighted by atomic mass is 10.2. The first-order valence-electron chi connectivity index (χ1n) is 8.93. The van der Waals surface area contributed by atoms with Crippen LogP contribution in [-0.4, -0.2) is 40.5 Å². The van der Waals surface area contributed by atoms with Crippen molar-refractivity contribution in [3.05, 3.63) is 92.3 Å². The van der Waals surface area contributed by atoms with E-state index in [9.17, 15) is 23.2 Å². The Bertz CT molecular complexity index is 1190. The maximum atomic E-state index is 14.3. The molecule has 0 spiro atoms. The molecule has 156 valence electrons. The minimum Gasteiger partial charge on any atom is -0.383 e. The van der Waals surface area contributed by atoms with Crippen LogP contribution >= 0.6 is 0 Å². The summed E-state index contributed by atoms with van der Waals surface area (Å²) in [5.41, 5.74) is -2.48. The van der Waals surface area contributed by atoms with Crippen LogP contribution in [0.15, 0.2) is 58.1 Å². The number of nitrogens with zero attached hydrogens (tertiary/aromatic N) is 3. The first kappa shape index (κ1) is 21.1. The number of ether oxygens (including phenoxy) is 1. The largest absolute Gasteiger partial charge is 0.383 e. The molecule has 0 aliphatic carbocycles. The number of carbonyl (C=O) groups excluding carboxylic acids is 1. The van der Waals surface area contributed by atoms with E-state index in [1.807, 2.05) is 0 Å². The highest BCUT2D eigenvalue weighted by atomic mass is 19.1. The zero-order chi connectivity index (χ0) is 21.7. The topological polar surface area (TPSA) is 95.2 Å². The smallest absolute Gasteiger partial charge is 0.352 e. The molecular weight excluding hydrogens is 398 g/mol. The van der Waals surface area contributed by atoms with E-state index in [2.05, 4.69) is 10.4 Å². The van der Waals surface area contributed by atoms with Crippen LogP contribution in [0.5, 0.6) is 0 Å². The Morgan fingerprint density at radius 2 is 1.90 bits per heavy atom. The lowest BCUT2D eigenvalue weighted by Gasteiger charge is -2.13. The number of carbonyl (C=O) groups is 1. The molecule has 0 radical (unpaired) electrons. The number of aromatic nitrogens is 3. The number of amides is 1. The molecular formula is C20H18F2N4O4. The summed E-state index contributed by atoms with van der Waals surface area (Å²) in [5, 5.41) is 6.25. The SMILES string of the molecule is COCCNC(=O)c1nn(-c2ccccc2F)c(=O)n(Cc2cccc(F)c2)c1=O. The maximum absolute atomic E-state index is 14.3. The summed E-state index contributed by atoms with van der Waals surface area (Å²) in [6.45, 7) is -0.0416. The molecule has 3 aromatic rings. The molecule has 0 atom stereocenters. The lowest BCUT2D eigenvalue weighted by Crippen LogP contribution is -2.46. The molecule has 1 amide bonds. The van der Waals surface area contributed by atoms with Crippen molar-refractivity contribution in [3.63, 3.8) is 0 Å². The quantitative estimate of drug-likeness (QED) is 0.582. The average molecular weight is 416 g/mol. The number of methoxy groups -OCH3 is 1. The fraction of sp³-hybridized carbons (Fsp3) is 0.200. The highest BCUT2D eigenvalue weighted by molar-refractivity contribution is 5.91. The van der Waals surface area contributed by atoms with Crippen molar-refractivity contribution in [2.45, 2.75) is 6.54 Å². The summed E-state index contributed by atoms with van der Waals surface area (Å²) in [6.07, 6.45) is 0. The summed E-state index contributed by atoms with van der Waals surface area (Å²) in [4.78, 5) is 38.2. The van der Waals surface area contributed by atoms with Crippen molar-refractivity contribution in [1.29, 1.82) is 0 Å². The van der Waals surface area contributed by atoms with E-state index < -0.39 is 34.5 Å².